The van der Waals surface area contributed by atoms with Gasteiger partial charge in [0.1, 0.15) is 0 Å². The van der Waals surface area contributed by atoms with E-state index < -0.39 is 12.8 Å². The maximum absolute atomic E-state index is 12.2. The lowest BCUT2D eigenvalue weighted by molar-refractivity contribution is -0.153. The second kappa shape index (κ2) is 9.72. The average Bonchev–Trinajstić information content (AvgIpc) is 2.53. The topological polar surface area (TPSA) is 59.6 Å². The number of amides is 1. The highest BCUT2D eigenvalue weighted by molar-refractivity contribution is 5.85. The van der Waals surface area contributed by atoms with Crippen molar-refractivity contribution in [1.82, 2.24) is 10.6 Å². The first-order valence-corrected chi connectivity index (χ1v) is 7.76. The quantitative estimate of drug-likeness (QED) is 0.794. The maximum atomic E-state index is 12.2. The van der Waals surface area contributed by atoms with Crippen LogP contribution in [-0.2, 0) is 4.79 Å². The van der Waals surface area contributed by atoms with E-state index >= 15 is 0 Å². The monoisotopic (exact) mass is 382 g/mol. The maximum Gasteiger partial charge on any atom is 0.422 e. The lowest BCUT2D eigenvalue weighted by Crippen LogP contribution is -2.49. The van der Waals surface area contributed by atoms with Crippen molar-refractivity contribution in [2.75, 3.05) is 26.3 Å². The van der Waals surface area contributed by atoms with Gasteiger partial charge in [0.2, 0.25) is 0 Å². The molecule has 1 aromatic rings. The van der Waals surface area contributed by atoms with E-state index in [9.17, 15) is 18.0 Å². The summed E-state index contributed by atoms with van der Waals surface area (Å²) >= 11 is 0. The summed E-state index contributed by atoms with van der Waals surface area (Å²) in [7, 11) is 0. The number of carbonyl (C=O) groups is 1. The molecule has 1 fully saturated rings. The van der Waals surface area contributed by atoms with Crippen molar-refractivity contribution in [3.63, 3.8) is 0 Å². The summed E-state index contributed by atoms with van der Waals surface area (Å²) in [6, 6.07) is 6.04. The van der Waals surface area contributed by atoms with Gasteiger partial charge in [-0.15, -0.1) is 12.4 Å². The van der Waals surface area contributed by atoms with Gasteiger partial charge in [-0.25, -0.2) is 0 Å². The van der Waals surface area contributed by atoms with Crippen molar-refractivity contribution in [3.8, 4) is 11.5 Å². The molecule has 0 bridgehead atoms. The van der Waals surface area contributed by atoms with Crippen molar-refractivity contribution in [1.29, 1.82) is 0 Å². The highest BCUT2D eigenvalue weighted by Gasteiger charge is 2.29. The predicted molar refractivity (Wildman–Crippen MR) is 89.3 cm³/mol. The van der Waals surface area contributed by atoms with Crippen molar-refractivity contribution in [2.24, 2.45) is 5.92 Å². The summed E-state index contributed by atoms with van der Waals surface area (Å²) in [6.07, 6.45) is -3.60. The minimum atomic E-state index is -4.43. The van der Waals surface area contributed by atoms with Crippen LogP contribution in [0.3, 0.4) is 0 Å². The molecule has 0 aromatic heterocycles. The van der Waals surface area contributed by atoms with E-state index in [4.69, 9.17) is 9.47 Å². The lowest BCUT2D eigenvalue weighted by atomic mass is 9.95. The largest absolute Gasteiger partial charge is 0.480 e. The predicted octanol–water partition coefficient (Wildman–Crippen LogP) is 2.54. The summed E-state index contributed by atoms with van der Waals surface area (Å²) in [6.45, 7) is 2.03. The Balaban J connectivity index is 0.00000312. The van der Waals surface area contributed by atoms with Gasteiger partial charge in [-0.2, -0.15) is 13.2 Å². The molecule has 1 aromatic carbocycles. The Kier molecular flexibility index (Phi) is 8.31. The Morgan fingerprint density at radius 3 is 2.52 bits per heavy atom. The fourth-order valence-electron chi connectivity index (χ4n) is 2.47. The molecule has 2 atom stereocenters. The summed E-state index contributed by atoms with van der Waals surface area (Å²) in [5, 5.41) is 6.13. The average molecular weight is 383 g/mol. The number of para-hydroxylation sites is 2. The summed E-state index contributed by atoms with van der Waals surface area (Å²) in [5.41, 5.74) is 0. The number of rotatable bonds is 6. The second-order valence-electron chi connectivity index (χ2n) is 5.78. The number of alkyl halides is 3. The van der Waals surface area contributed by atoms with Crippen molar-refractivity contribution < 1.29 is 27.4 Å². The second-order valence-corrected chi connectivity index (χ2v) is 5.78. The molecular weight excluding hydrogens is 361 g/mol. The normalized spacial score (nSPS) is 20.3. The van der Waals surface area contributed by atoms with Crippen molar-refractivity contribution >= 4 is 18.3 Å². The molecule has 25 heavy (non-hydrogen) atoms. The zero-order chi connectivity index (χ0) is 17.6. The third-order valence-electron chi connectivity index (χ3n) is 3.73. The number of carbonyl (C=O) groups excluding carboxylic acids is 1. The lowest BCUT2D eigenvalue weighted by Gasteiger charge is -2.30. The summed E-state index contributed by atoms with van der Waals surface area (Å²) in [5.74, 6) is 0.0672. The first kappa shape index (κ1) is 21.4. The van der Waals surface area contributed by atoms with Gasteiger partial charge in [0, 0.05) is 6.04 Å². The zero-order valence-electron chi connectivity index (χ0n) is 13.8. The smallest absolute Gasteiger partial charge is 0.422 e. The standard InChI is InChI=1S/C16H21F3N2O3.ClH/c1-11-8-20-7-6-12(11)21-15(22)9-23-13-4-2-3-5-14(13)24-10-16(17,18)19;/h2-5,11-12,20H,6-10H2,1H3,(H,21,22);1H. The number of hydrogen-bond donors (Lipinski definition) is 2. The molecule has 0 saturated carbocycles. The zero-order valence-corrected chi connectivity index (χ0v) is 14.6. The molecule has 9 heteroatoms. The molecule has 1 aliphatic rings. The number of nitrogens with one attached hydrogen (secondary N) is 2. The van der Waals surface area contributed by atoms with Crippen LogP contribution >= 0.6 is 12.4 Å². The number of hydrogen-bond acceptors (Lipinski definition) is 4. The molecule has 142 valence electrons. The Labute approximate surface area is 150 Å². The fraction of sp³-hybridized carbons (Fsp3) is 0.562. The molecule has 0 aliphatic carbocycles. The van der Waals surface area contributed by atoms with Crippen LogP contribution in [-0.4, -0.2) is 44.4 Å². The third kappa shape index (κ3) is 7.39. The SMILES string of the molecule is CC1CNCCC1NC(=O)COc1ccccc1OCC(F)(F)F.Cl. The highest BCUT2D eigenvalue weighted by Crippen LogP contribution is 2.28. The molecule has 0 radical (unpaired) electrons. The Morgan fingerprint density at radius 2 is 1.92 bits per heavy atom. The number of piperidine rings is 1. The summed E-state index contributed by atoms with van der Waals surface area (Å²) < 4.78 is 46.8. The van der Waals surface area contributed by atoms with Gasteiger partial charge in [-0.3, -0.25) is 4.79 Å². The Morgan fingerprint density at radius 1 is 1.28 bits per heavy atom. The van der Waals surface area contributed by atoms with Gasteiger partial charge >= 0.3 is 6.18 Å². The minimum Gasteiger partial charge on any atom is -0.480 e. The number of halogens is 4. The van der Waals surface area contributed by atoms with Crippen LogP contribution in [0.5, 0.6) is 11.5 Å². The molecule has 0 spiro atoms. The molecular formula is C16H22ClF3N2O3. The number of ether oxygens (including phenoxy) is 2. The van der Waals surface area contributed by atoms with Gasteiger partial charge in [0.15, 0.2) is 24.7 Å². The molecule has 1 saturated heterocycles. The number of benzene rings is 1. The molecule has 5 nitrogen and oxygen atoms in total. The highest BCUT2D eigenvalue weighted by atomic mass is 35.5. The molecule has 2 unspecified atom stereocenters. The summed E-state index contributed by atoms with van der Waals surface area (Å²) in [4.78, 5) is 12.0. The van der Waals surface area contributed by atoms with E-state index in [1.807, 2.05) is 6.92 Å². The van der Waals surface area contributed by atoms with E-state index in [1.54, 1.807) is 6.07 Å². The van der Waals surface area contributed by atoms with Crippen LogP contribution in [0.4, 0.5) is 13.2 Å². The van der Waals surface area contributed by atoms with Gasteiger partial charge < -0.3 is 20.1 Å². The van der Waals surface area contributed by atoms with Gasteiger partial charge in [-0.1, -0.05) is 19.1 Å². The first-order chi connectivity index (χ1) is 11.3. The minimum absolute atomic E-state index is 0. The van der Waals surface area contributed by atoms with Crippen LogP contribution < -0.4 is 20.1 Å². The van der Waals surface area contributed by atoms with E-state index in [2.05, 4.69) is 10.6 Å². The van der Waals surface area contributed by atoms with E-state index in [-0.39, 0.29) is 42.5 Å². The Hall–Kier alpha value is -1.67. The molecule has 1 aliphatic heterocycles. The fourth-order valence-corrected chi connectivity index (χ4v) is 2.47. The van der Waals surface area contributed by atoms with Crippen LogP contribution in [0.25, 0.3) is 0 Å². The van der Waals surface area contributed by atoms with Gasteiger partial charge in [-0.05, 0) is 37.6 Å². The molecule has 2 N–H and O–H groups in total. The van der Waals surface area contributed by atoms with Crippen LogP contribution in [0.2, 0.25) is 0 Å². The Bertz CT molecular complexity index is 558. The molecule has 2 rings (SSSR count). The van der Waals surface area contributed by atoms with Crippen LogP contribution in [0, 0.1) is 5.92 Å². The van der Waals surface area contributed by atoms with Crippen molar-refractivity contribution in [2.45, 2.75) is 25.6 Å². The van der Waals surface area contributed by atoms with E-state index in [0.717, 1.165) is 19.5 Å². The van der Waals surface area contributed by atoms with Gasteiger partial charge in [0.25, 0.3) is 5.91 Å². The third-order valence-corrected chi connectivity index (χ3v) is 3.73. The van der Waals surface area contributed by atoms with Gasteiger partial charge in [0.05, 0.1) is 0 Å². The van der Waals surface area contributed by atoms with E-state index in [1.165, 1.54) is 18.2 Å². The molecule has 1 heterocycles. The molecule has 1 amide bonds. The van der Waals surface area contributed by atoms with Crippen LogP contribution in [0.15, 0.2) is 24.3 Å². The van der Waals surface area contributed by atoms with E-state index in [0.29, 0.717) is 5.92 Å². The van der Waals surface area contributed by atoms with Crippen LogP contribution in [0.1, 0.15) is 13.3 Å². The first-order valence-electron chi connectivity index (χ1n) is 7.76. The van der Waals surface area contributed by atoms with Crippen molar-refractivity contribution in [3.05, 3.63) is 24.3 Å².